The van der Waals surface area contributed by atoms with Crippen molar-refractivity contribution in [2.45, 2.75) is 26.9 Å². The smallest absolute Gasteiger partial charge is 0.384 e. The molecule has 96 valence electrons. The van der Waals surface area contributed by atoms with Gasteiger partial charge >= 0.3 is 6.18 Å². The van der Waals surface area contributed by atoms with Gasteiger partial charge in [0, 0.05) is 7.11 Å². The van der Waals surface area contributed by atoms with Crippen molar-refractivity contribution in [1.82, 2.24) is 5.32 Å². The van der Waals surface area contributed by atoms with Crippen molar-refractivity contribution >= 4 is 5.91 Å². The molecule has 1 atom stereocenters. The molecule has 0 aromatic heterocycles. The van der Waals surface area contributed by atoms with Gasteiger partial charge in [0.25, 0.3) is 0 Å². The lowest BCUT2D eigenvalue weighted by atomic mass is 9.80. The lowest BCUT2D eigenvalue weighted by Gasteiger charge is -2.29. The summed E-state index contributed by atoms with van der Waals surface area (Å²) in [5.74, 6) is -1.23. The number of rotatable bonds is 4. The van der Waals surface area contributed by atoms with Crippen molar-refractivity contribution in [3.8, 4) is 0 Å². The second-order valence-electron chi connectivity index (χ2n) is 4.71. The number of carbonyl (C=O) groups is 1. The SMILES string of the molecule is COC[C@H](C(=O)NCC(F)(F)F)C(C)(C)C. The Morgan fingerprint density at radius 1 is 1.31 bits per heavy atom. The second-order valence-corrected chi connectivity index (χ2v) is 4.71. The third-order valence-corrected chi connectivity index (χ3v) is 2.16. The molecular formula is C10H18F3NO2. The molecule has 3 nitrogen and oxygen atoms in total. The zero-order valence-corrected chi connectivity index (χ0v) is 9.94. The van der Waals surface area contributed by atoms with Crippen molar-refractivity contribution in [3.05, 3.63) is 0 Å². The van der Waals surface area contributed by atoms with Crippen molar-refractivity contribution in [3.63, 3.8) is 0 Å². The molecule has 0 spiro atoms. The van der Waals surface area contributed by atoms with E-state index in [9.17, 15) is 18.0 Å². The number of methoxy groups -OCH3 is 1. The molecule has 1 N–H and O–H groups in total. The number of hydrogen-bond donors (Lipinski definition) is 1. The highest BCUT2D eigenvalue weighted by Gasteiger charge is 2.34. The van der Waals surface area contributed by atoms with Gasteiger partial charge in [-0.2, -0.15) is 13.2 Å². The molecule has 0 aliphatic rings. The summed E-state index contributed by atoms with van der Waals surface area (Å²) in [5, 5.41) is 1.87. The van der Waals surface area contributed by atoms with E-state index in [1.54, 1.807) is 20.8 Å². The second kappa shape index (κ2) is 5.52. The molecule has 16 heavy (non-hydrogen) atoms. The average molecular weight is 241 g/mol. The Kier molecular flexibility index (Phi) is 5.25. The number of alkyl halides is 3. The standard InChI is InChI=1S/C10H18F3NO2/c1-9(2,3)7(5-16-4)8(15)14-6-10(11,12)13/h7H,5-6H2,1-4H3,(H,14,15)/t7-/m1/s1. The van der Waals surface area contributed by atoms with Gasteiger partial charge in [-0.25, -0.2) is 0 Å². The van der Waals surface area contributed by atoms with Crippen LogP contribution < -0.4 is 5.32 Å². The van der Waals surface area contributed by atoms with Gasteiger partial charge in [-0.15, -0.1) is 0 Å². The molecule has 0 aliphatic carbocycles. The highest BCUT2D eigenvalue weighted by atomic mass is 19.4. The molecule has 0 heterocycles. The first kappa shape index (κ1) is 15.2. The van der Waals surface area contributed by atoms with Crippen molar-refractivity contribution < 1.29 is 22.7 Å². The van der Waals surface area contributed by atoms with Crippen LogP contribution in [-0.2, 0) is 9.53 Å². The third kappa shape index (κ3) is 5.95. The minimum Gasteiger partial charge on any atom is -0.384 e. The molecule has 0 aliphatic heterocycles. The first-order valence-corrected chi connectivity index (χ1v) is 4.91. The Labute approximate surface area is 93.3 Å². The Morgan fingerprint density at radius 2 is 1.81 bits per heavy atom. The predicted molar refractivity (Wildman–Crippen MR) is 53.9 cm³/mol. The van der Waals surface area contributed by atoms with Gasteiger partial charge in [-0.1, -0.05) is 20.8 Å². The largest absolute Gasteiger partial charge is 0.405 e. The van der Waals surface area contributed by atoms with Crippen LogP contribution in [0.15, 0.2) is 0 Å². The van der Waals surface area contributed by atoms with Crippen LogP contribution in [0.5, 0.6) is 0 Å². The highest BCUT2D eigenvalue weighted by molar-refractivity contribution is 5.79. The van der Waals surface area contributed by atoms with Crippen LogP contribution in [-0.4, -0.2) is 32.3 Å². The van der Waals surface area contributed by atoms with Crippen LogP contribution in [0.3, 0.4) is 0 Å². The summed E-state index contributed by atoms with van der Waals surface area (Å²) in [4.78, 5) is 11.5. The van der Waals surface area contributed by atoms with Gasteiger partial charge in [0.1, 0.15) is 6.54 Å². The van der Waals surface area contributed by atoms with Crippen molar-refractivity contribution in [2.75, 3.05) is 20.3 Å². The van der Waals surface area contributed by atoms with E-state index in [0.29, 0.717) is 0 Å². The van der Waals surface area contributed by atoms with Gasteiger partial charge in [-0.05, 0) is 5.41 Å². The lowest BCUT2D eigenvalue weighted by molar-refractivity contribution is -0.144. The summed E-state index contributed by atoms with van der Waals surface area (Å²) in [6.07, 6.45) is -4.38. The number of nitrogens with one attached hydrogen (secondary N) is 1. The molecule has 0 aromatic carbocycles. The van der Waals surface area contributed by atoms with E-state index in [4.69, 9.17) is 4.74 Å². The maximum Gasteiger partial charge on any atom is 0.405 e. The quantitative estimate of drug-likeness (QED) is 0.817. The maximum absolute atomic E-state index is 11.9. The van der Waals surface area contributed by atoms with Gasteiger partial charge in [0.15, 0.2) is 0 Å². The Hall–Kier alpha value is -0.780. The van der Waals surface area contributed by atoms with Crippen LogP contribution >= 0.6 is 0 Å². The summed E-state index contributed by atoms with van der Waals surface area (Å²) in [6.45, 7) is 4.15. The van der Waals surface area contributed by atoms with E-state index in [0.717, 1.165) is 0 Å². The summed E-state index contributed by atoms with van der Waals surface area (Å²) in [5.41, 5.74) is -0.439. The van der Waals surface area contributed by atoms with Crippen molar-refractivity contribution in [1.29, 1.82) is 0 Å². The number of amides is 1. The molecule has 1 amide bonds. The molecule has 0 rings (SSSR count). The van der Waals surface area contributed by atoms with E-state index in [1.807, 2.05) is 5.32 Å². The third-order valence-electron chi connectivity index (χ3n) is 2.16. The van der Waals surface area contributed by atoms with Gasteiger partial charge < -0.3 is 10.1 Å². The van der Waals surface area contributed by atoms with Crippen LogP contribution in [0.2, 0.25) is 0 Å². The molecule has 0 saturated heterocycles. The lowest BCUT2D eigenvalue weighted by Crippen LogP contribution is -2.43. The fourth-order valence-corrected chi connectivity index (χ4v) is 1.20. The normalized spacial score (nSPS) is 14.7. The predicted octanol–water partition coefficient (Wildman–Crippen LogP) is 1.97. The minimum absolute atomic E-state index is 0.104. The van der Waals surface area contributed by atoms with E-state index >= 15 is 0 Å². The monoisotopic (exact) mass is 241 g/mol. The molecule has 0 fully saturated rings. The zero-order valence-electron chi connectivity index (χ0n) is 9.94. The fourth-order valence-electron chi connectivity index (χ4n) is 1.20. The summed E-state index contributed by atoms with van der Waals surface area (Å²) < 4.78 is 40.6. The van der Waals surface area contributed by atoms with Crippen LogP contribution in [0.4, 0.5) is 13.2 Å². The van der Waals surface area contributed by atoms with E-state index in [1.165, 1.54) is 7.11 Å². The fraction of sp³-hybridized carbons (Fsp3) is 0.900. The Bertz CT molecular complexity index is 233. The number of hydrogen-bond acceptors (Lipinski definition) is 2. The van der Waals surface area contributed by atoms with E-state index in [-0.39, 0.29) is 6.61 Å². The highest BCUT2D eigenvalue weighted by Crippen LogP contribution is 2.26. The zero-order chi connectivity index (χ0) is 13.0. The van der Waals surface area contributed by atoms with Gasteiger partial charge in [0.05, 0.1) is 12.5 Å². The average Bonchev–Trinajstić information content (AvgIpc) is 2.07. The van der Waals surface area contributed by atoms with Gasteiger partial charge in [0.2, 0.25) is 5.91 Å². The molecular weight excluding hydrogens is 223 g/mol. The number of carbonyl (C=O) groups excluding carboxylic acids is 1. The topological polar surface area (TPSA) is 38.3 Å². The summed E-state index contributed by atoms with van der Waals surface area (Å²) in [6, 6.07) is 0. The van der Waals surface area contributed by atoms with Crippen molar-refractivity contribution in [2.24, 2.45) is 11.3 Å². The van der Waals surface area contributed by atoms with E-state index < -0.39 is 30.0 Å². The molecule has 0 saturated carbocycles. The van der Waals surface area contributed by atoms with Crippen LogP contribution in [0.1, 0.15) is 20.8 Å². The Balaban J connectivity index is 4.41. The van der Waals surface area contributed by atoms with Gasteiger partial charge in [-0.3, -0.25) is 4.79 Å². The minimum atomic E-state index is -4.38. The first-order valence-electron chi connectivity index (χ1n) is 4.91. The maximum atomic E-state index is 11.9. The summed E-state index contributed by atoms with van der Waals surface area (Å²) in [7, 11) is 1.41. The molecule has 0 bridgehead atoms. The van der Waals surface area contributed by atoms with Crippen LogP contribution in [0, 0.1) is 11.3 Å². The molecule has 0 aromatic rings. The summed E-state index contributed by atoms with van der Waals surface area (Å²) >= 11 is 0. The number of halogens is 3. The van der Waals surface area contributed by atoms with Crippen LogP contribution in [0.25, 0.3) is 0 Å². The Morgan fingerprint density at radius 3 is 2.12 bits per heavy atom. The molecule has 0 unspecified atom stereocenters. The molecule has 6 heteroatoms. The first-order chi connectivity index (χ1) is 7.08. The van der Waals surface area contributed by atoms with E-state index in [2.05, 4.69) is 0 Å². The number of ether oxygens (including phenoxy) is 1. The molecule has 0 radical (unpaired) electrons.